The van der Waals surface area contributed by atoms with Gasteiger partial charge in [0.05, 0.1) is 18.0 Å². The van der Waals surface area contributed by atoms with Crippen molar-refractivity contribution in [2.75, 3.05) is 12.0 Å². The molecule has 1 aromatic carbocycles. The molecule has 0 unspecified atom stereocenters. The Balaban J connectivity index is 2.26. The van der Waals surface area contributed by atoms with Crippen LogP contribution in [0.4, 0.5) is 0 Å². The van der Waals surface area contributed by atoms with Crippen molar-refractivity contribution in [2.45, 2.75) is 6.54 Å². The van der Waals surface area contributed by atoms with Gasteiger partial charge in [0.15, 0.2) is 0 Å². The Bertz CT molecular complexity index is 684. The maximum absolute atomic E-state index is 11.7. The normalized spacial score (nSPS) is 11.6. The number of aromatic nitrogens is 2. The van der Waals surface area contributed by atoms with Crippen molar-refractivity contribution in [2.24, 2.45) is 0 Å². The number of rotatable bonds is 4. The predicted molar refractivity (Wildman–Crippen MR) is 70.2 cm³/mol. The van der Waals surface area contributed by atoms with Gasteiger partial charge in [-0.1, -0.05) is 30.3 Å². The van der Waals surface area contributed by atoms with Crippen molar-refractivity contribution < 1.29 is 8.42 Å². The van der Waals surface area contributed by atoms with Gasteiger partial charge in [0.25, 0.3) is 5.56 Å². The molecule has 1 heterocycles. The number of hydrogen-bond donors (Lipinski definition) is 1. The number of H-pyrrole nitrogens is 1. The van der Waals surface area contributed by atoms with Gasteiger partial charge in [-0.05, 0) is 5.56 Å². The second kappa shape index (κ2) is 4.81. The maximum atomic E-state index is 11.7. The number of nitrogens with zero attached hydrogens (tertiary/aromatic N) is 1. The van der Waals surface area contributed by atoms with E-state index in [1.165, 1.54) is 10.7 Å². The summed E-state index contributed by atoms with van der Waals surface area (Å²) >= 11 is 0. The molecule has 0 atom stereocenters. The van der Waals surface area contributed by atoms with Gasteiger partial charge in [0.1, 0.15) is 9.84 Å². The summed E-state index contributed by atoms with van der Waals surface area (Å²) in [6.45, 7) is 0.143. The zero-order valence-electron chi connectivity index (χ0n) is 9.96. The molecule has 2 rings (SSSR count). The summed E-state index contributed by atoms with van der Waals surface area (Å²) in [5.74, 6) is -0.0539. The Hall–Kier alpha value is -1.82. The van der Waals surface area contributed by atoms with Crippen LogP contribution in [0.1, 0.15) is 0 Å². The van der Waals surface area contributed by atoms with Gasteiger partial charge < -0.3 is 0 Å². The molecule has 0 saturated carbocycles. The molecule has 5 nitrogen and oxygen atoms in total. The molecule has 6 heteroatoms. The van der Waals surface area contributed by atoms with Gasteiger partial charge >= 0.3 is 0 Å². The van der Waals surface area contributed by atoms with E-state index in [-0.39, 0.29) is 17.9 Å². The molecule has 1 aromatic heterocycles. The molecule has 0 amide bonds. The van der Waals surface area contributed by atoms with E-state index in [1.807, 2.05) is 30.3 Å². The SMILES string of the molecule is CS(=O)(=O)CCn1[nH]c(-c2ccccc2)cc1=O. The number of benzene rings is 1. The van der Waals surface area contributed by atoms with Gasteiger partial charge in [-0.25, -0.2) is 8.42 Å². The van der Waals surface area contributed by atoms with E-state index in [0.717, 1.165) is 11.8 Å². The molecule has 1 N–H and O–H groups in total. The van der Waals surface area contributed by atoms with E-state index in [2.05, 4.69) is 5.10 Å². The fourth-order valence-electron chi connectivity index (χ4n) is 1.62. The zero-order valence-corrected chi connectivity index (χ0v) is 10.8. The predicted octanol–water partition coefficient (Wildman–Crippen LogP) is 0.888. The van der Waals surface area contributed by atoms with Crippen LogP contribution < -0.4 is 5.56 Å². The third-order valence-corrected chi connectivity index (χ3v) is 3.48. The number of nitrogens with one attached hydrogen (secondary N) is 1. The third-order valence-electron chi connectivity index (χ3n) is 2.56. The Kier molecular flexibility index (Phi) is 3.38. The average Bonchev–Trinajstić information content (AvgIpc) is 2.68. The van der Waals surface area contributed by atoms with Crippen LogP contribution in [0, 0.1) is 0 Å². The molecule has 0 saturated heterocycles. The minimum atomic E-state index is -3.07. The highest BCUT2D eigenvalue weighted by Crippen LogP contribution is 2.13. The average molecular weight is 266 g/mol. The van der Waals surface area contributed by atoms with Crippen molar-refractivity contribution in [3.8, 4) is 11.3 Å². The van der Waals surface area contributed by atoms with Crippen LogP contribution in [0.3, 0.4) is 0 Å². The molecular formula is C12H14N2O3S. The minimum Gasteiger partial charge on any atom is -0.295 e. The van der Waals surface area contributed by atoms with E-state index in [0.29, 0.717) is 5.69 Å². The summed E-state index contributed by atoms with van der Waals surface area (Å²) in [5, 5.41) is 2.91. The Morgan fingerprint density at radius 1 is 1.22 bits per heavy atom. The first kappa shape index (κ1) is 12.6. The highest BCUT2D eigenvalue weighted by atomic mass is 32.2. The lowest BCUT2D eigenvalue weighted by Gasteiger charge is -2.01. The quantitative estimate of drug-likeness (QED) is 0.893. The van der Waals surface area contributed by atoms with Crippen LogP contribution >= 0.6 is 0 Å². The second-order valence-electron chi connectivity index (χ2n) is 4.16. The monoisotopic (exact) mass is 266 g/mol. The highest BCUT2D eigenvalue weighted by molar-refractivity contribution is 7.90. The van der Waals surface area contributed by atoms with Gasteiger partial charge in [0.2, 0.25) is 0 Å². The van der Waals surface area contributed by atoms with E-state index in [4.69, 9.17) is 0 Å². The van der Waals surface area contributed by atoms with Gasteiger partial charge in [-0.2, -0.15) is 0 Å². The lowest BCUT2D eigenvalue weighted by molar-refractivity contribution is 0.582. The molecule has 2 aromatic rings. The molecule has 96 valence electrons. The summed E-state index contributed by atoms with van der Waals surface area (Å²) in [6.07, 6.45) is 1.15. The standard InChI is InChI=1S/C12H14N2O3S/c1-18(16,17)8-7-14-12(15)9-11(13-14)10-5-3-2-4-6-10/h2-6,9,13H,7-8H2,1H3. The Morgan fingerprint density at radius 3 is 2.50 bits per heavy atom. The fraction of sp³-hybridized carbons (Fsp3) is 0.250. The van der Waals surface area contributed by atoms with Gasteiger partial charge in [0, 0.05) is 12.3 Å². The van der Waals surface area contributed by atoms with Crippen LogP contribution in [-0.4, -0.2) is 30.2 Å². The molecule has 0 bridgehead atoms. The lowest BCUT2D eigenvalue weighted by atomic mass is 10.2. The first-order valence-electron chi connectivity index (χ1n) is 5.49. The van der Waals surface area contributed by atoms with E-state index in [9.17, 15) is 13.2 Å². The van der Waals surface area contributed by atoms with Gasteiger partial charge in [-0.15, -0.1) is 0 Å². The third kappa shape index (κ3) is 3.10. The van der Waals surface area contributed by atoms with Gasteiger partial charge in [-0.3, -0.25) is 14.6 Å². The number of sulfone groups is 1. The van der Waals surface area contributed by atoms with E-state index in [1.54, 1.807) is 0 Å². The fourth-order valence-corrected chi connectivity index (χ4v) is 2.14. The molecule has 0 spiro atoms. The summed E-state index contributed by atoms with van der Waals surface area (Å²) in [7, 11) is -3.07. The first-order valence-corrected chi connectivity index (χ1v) is 7.55. The van der Waals surface area contributed by atoms with Crippen LogP contribution in [0.2, 0.25) is 0 Å². The van der Waals surface area contributed by atoms with Crippen LogP contribution in [0.15, 0.2) is 41.2 Å². The van der Waals surface area contributed by atoms with E-state index >= 15 is 0 Å². The summed E-state index contributed by atoms with van der Waals surface area (Å²) in [6, 6.07) is 10.9. The number of aryl methyl sites for hydroxylation is 1. The van der Waals surface area contributed by atoms with Crippen molar-refractivity contribution in [1.29, 1.82) is 0 Å². The Morgan fingerprint density at radius 2 is 1.89 bits per heavy atom. The molecule has 0 radical (unpaired) electrons. The molecule has 0 aliphatic carbocycles. The van der Waals surface area contributed by atoms with E-state index < -0.39 is 9.84 Å². The zero-order chi connectivity index (χ0) is 13.2. The summed E-state index contributed by atoms with van der Waals surface area (Å²) in [4.78, 5) is 11.7. The number of aromatic amines is 1. The largest absolute Gasteiger partial charge is 0.295 e. The lowest BCUT2D eigenvalue weighted by Crippen LogP contribution is -2.21. The molecular weight excluding hydrogens is 252 g/mol. The molecule has 0 aliphatic rings. The second-order valence-corrected chi connectivity index (χ2v) is 6.42. The summed E-state index contributed by atoms with van der Waals surface area (Å²) < 4.78 is 23.4. The maximum Gasteiger partial charge on any atom is 0.267 e. The molecule has 0 fully saturated rings. The van der Waals surface area contributed by atoms with Crippen molar-refractivity contribution in [3.63, 3.8) is 0 Å². The van der Waals surface area contributed by atoms with Crippen molar-refractivity contribution >= 4 is 9.84 Å². The first-order chi connectivity index (χ1) is 8.46. The summed E-state index contributed by atoms with van der Waals surface area (Å²) in [5.41, 5.74) is 1.36. The Labute approximate surface area is 105 Å². The highest BCUT2D eigenvalue weighted by Gasteiger charge is 2.07. The van der Waals surface area contributed by atoms with Crippen LogP contribution in [0.5, 0.6) is 0 Å². The smallest absolute Gasteiger partial charge is 0.267 e. The minimum absolute atomic E-state index is 0.0539. The molecule has 18 heavy (non-hydrogen) atoms. The van der Waals surface area contributed by atoms with Crippen molar-refractivity contribution in [1.82, 2.24) is 9.78 Å². The number of hydrogen-bond acceptors (Lipinski definition) is 3. The van der Waals surface area contributed by atoms with Crippen LogP contribution in [0.25, 0.3) is 11.3 Å². The van der Waals surface area contributed by atoms with Crippen LogP contribution in [-0.2, 0) is 16.4 Å². The van der Waals surface area contributed by atoms with Crippen molar-refractivity contribution in [3.05, 3.63) is 46.8 Å². The topological polar surface area (TPSA) is 71.9 Å². The molecule has 0 aliphatic heterocycles.